The van der Waals surface area contributed by atoms with Gasteiger partial charge in [-0.1, -0.05) is 47.5 Å². The number of aliphatic hydroxyl groups is 2. The maximum atomic E-state index is 10.6. The fraction of sp³-hybridized carbons (Fsp3) is 0.400. The molecular weight excluding hydrogens is 407 g/mol. The van der Waals surface area contributed by atoms with Crippen molar-refractivity contribution in [1.29, 1.82) is 0 Å². The van der Waals surface area contributed by atoms with E-state index < -0.39 is 37.0 Å². The molecule has 0 amide bonds. The van der Waals surface area contributed by atoms with Crippen LogP contribution in [0.1, 0.15) is 23.7 Å². The van der Waals surface area contributed by atoms with Crippen LogP contribution in [-0.4, -0.2) is 47.8 Å². The average Bonchev–Trinajstić information content (AvgIpc) is 2.72. The number of ether oxygens (including phenoxy) is 4. The zero-order valence-corrected chi connectivity index (χ0v) is 16.3. The molecule has 2 fully saturated rings. The molecule has 8 heteroatoms. The topological polar surface area (TPSA) is 77.4 Å². The molecule has 2 aromatic carbocycles. The Morgan fingerprint density at radius 1 is 0.714 bits per heavy atom. The van der Waals surface area contributed by atoms with Crippen molar-refractivity contribution in [3.63, 3.8) is 0 Å². The van der Waals surface area contributed by atoms with Crippen molar-refractivity contribution in [1.82, 2.24) is 0 Å². The van der Waals surface area contributed by atoms with Gasteiger partial charge in [-0.2, -0.15) is 0 Å². The summed E-state index contributed by atoms with van der Waals surface area (Å²) in [4.78, 5) is 0. The van der Waals surface area contributed by atoms with Crippen molar-refractivity contribution in [2.75, 3.05) is 13.2 Å². The molecule has 0 aliphatic carbocycles. The van der Waals surface area contributed by atoms with Crippen molar-refractivity contribution in [3.05, 3.63) is 69.7 Å². The summed E-state index contributed by atoms with van der Waals surface area (Å²) in [6.45, 7) is -0.0137. The lowest BCUT2D eigenvalue weighted by Gasteiger charge is -2.40. The van der Waals surface area contributed by atoms with Gasteiger partial charge >= 0.3 is 0 Å². The van der Waals surface area contributed by atoms with E-state index in [-0.39, 0.29) is 13.2 Å². The van der Waals surface area contributed by atoms with Crippen LogP contribution in [0.4, 0.5) is 0 Å². The van der Waals surface area contributed by atoms with E-state index in [1.807, 2.05) is 0 Å². The highest BCUT2D eigenvalue weighted by Gasteiger charge is 2.44. The Morgan fingerprint density at radius 3 is 1.86 bits per heavy atom. The van der Waals surface area contributed by atoms with Crippen LogP contribution in [0.15, 0.2) is 48.5 Å². The van der Waals surface area contributed by atoms with Gasteiger partial charge in [-0.15, -0.1) is 0 Å². The van der Waals surface area contributed by atoms with Crippen molar-refractivity contribution in [2.45, 2.75) is 37.0 Å². The number of rotatable bonds is 2. The van der Waals surface area contributed by atoms with Crippen LogP contribution in [0.25, 0.3) is 0 Å². The number of aliphatic hydroxyl groups excluding tert-OH is 2. The highest BCUT2D eigenvalue weighted by atomic mass is 35.5. The van der Waals surface area contributed by atoms with Crippen LogP contribution in [0.5, 0.6) is 0 Å². The third kappa shape index (κ3) is 4.35. The number of hydrogen-bond acceptors (Lipinski definition) is 6. The second kappa shape index (κ2) is 8.65. The molecule has 2 saturated heterocycles. The zero-order valence-electron chi connectivity index (χ0n) is 14.8. The highest BCUT2D eigenvalue weighted by Crippen LogP contribution is 2.34. The van der Waals surface area contributed by atoms with E-state index in [1.165, 1.54) is 0 Å². The van der Waals surface area contributed by atoms with Crippen molar-refractivity contribution < 1.29 is 29.2 Å². The molecule has 6 atom stereocenters. The van der Waals surface area contributed by atoms with Crippen molar-refractivity contribution in [2.24, 2.45) is 0 Å². The summed E-state index contributed by atoms with van der Waals surface area (Å²) in [5, 5.41) is 22.4. The van der Waals surface area contributed by atoms with Gasteiger partial charge in [0, 0.05) is 21.2 Å². The number of benzene rings is 2. The summed E-state index contributed by atoms with van der Waals surface area (Å²) >= 11 is 11.9. The molecule has 2 bridgehead atoms. The summed E-state index contributed by atoms with van der Waals surface area (Å²) in [6.07, 6.45) is -5.20. The maximum absolute atomic E-state index is 10.6. The monoisotopic (exact) mass is 426 g/mol. The summed E-state index contributed by atoms with van der Waals surface area (Å²) < 4.78 is 23.3. The third-order valence-electron chi connectivity index (χ3n) is 4.79. The third-order valence-corrected chi connectivity index (χ3v) is 5.29. The summed E-state index contributed by atoms with van der Waals surface area (Å²) in [6, 6.07) is 14.0. The van der Waals surface area contributed by atoms with E-state index in [2.05, 4.69) is 0 Å². The van der Waals surface area contributed by atoms with Gasteiger partial charge in [0.2, 0.25) is 0 Å². The normalized spacial score (nSPS) is 33.6. The Kier molecular flexibility index (Phi) is 6.20. The van der Waals surface area contributed by atoms with Gasteiger partial charge in [0.1, 0.15) is 24.4 Å². The second-order valence-electron chi connectivity index (χ2n) is 6.77. The van der Waals surface area contributed by atoms with Crippen LogP contribution in [-0.2, 0) is 18.9 Å². The molecule has 0 radical (unpaired) electrons. The Labute approximate surface area is 172 Å². The Morgan fingerprint density at radius 2 is 1.25 bits per heavy atom. The molecule has 150 valence electrons. The molecule has 2 aromatic rings. The predicted octanol–water partition coefficient (Wildman–Crippen LogP) is 3.24. The van der Waals surface area contributed by atoms with Crippen molar-refractivity contribution >= 4 is 23.2 Å². The van der Waals surface area contributed by atoms with E-state index >= 15 is 0 Å². The van der Waals surface area contributed by atoms with Crippen molar-refractivity contribution in [3.8, 4) is 0 Å². The fourth-order valence-corrected chi connectivity index (χ4v) is 3.51. The molecule has 28 heavy (non-hydrogen) atoms. The highest BCUT2D eigenvalue weighted by molar-refractivity contribution is 6.30. The standard InChI is InChI=1S/C20H20Cl2O6/c21-13-5-1-11(2-6-13)19-25-9-15(23)18-17(24)16(10-26-19)27-20(28-18)12-3-7-14(22)8-4-12/h1-8,15-20,23-24H,9-10H2/t15-,16+,17+,18+,19?,20?/m0/s1. The molecule has 2 aliphatic rings. The van der Waals surface area contributed by atoms with Crippen LogP contribution in [0.2, 0.25) is 10.0 Å². The number of hydrogen-bond donors (Lipinski definition) is 2. The van der Waals surface area contributed by atoms with Crippen LogP contribution < -0.4 is 0 Å². The molecule has 4 rings (SSSR count). The van der Waals surface area contributed by atoms with Gasteiger partial charge in [0.05, 0.1) is 13.2 Å². The number of halogens is 2. The molecular formula is C20H20Cl2O6. The molecule has 0 spiro atoms. The van der Waals surface area contributed by atoms with Gasteiger partial charge in [0.15, 0.2) is 12.6 Å². The van der Waals surface area contributed by atoms with Crippen LogP contribution >= 0.6 is 23.2 Å². The molecule has 2 N–H and O–H groups in total. The predicted molar refractivity (Wildman–Crippen MR) is 102 cm³/mol. The first-order chi connectivity index (χ1) is 13.5. The smallest absolute Gasteiger partial charge is 0.184 e. The summed E-state index contributed by atoms with van der Waals surface area (Å²) in [5.41, 5.74) is 1.48. The summed E-state index contributed by atoms with van der Waals surface area (Å²) in [5.74, 6) is 0. The lowest BCUT2D eigenvalue weighted by molar-refractivity contribution is -0.308. The Hall–Kier alpha value is -1.22. The van der Waals surface area contributed by atoms with Gasteiger partial charge < -0.3 is 29.2 Å². The first-order valence-electron chi connectivity index (χ1n) is 8.92. The minimum Gasteiger partial charge on any atom is -0.388 e. The lowest BCUT2D eigenvalue weighted by Crippen LogP contribution is -2.54. The average molecular weight is 427 g/mol. The van der Waals surface area contributed by atoms with E-state index in [1.54, 1.807) is 48.5 Å². The quantitative estimate of drug-likeness (QED) is 0.767. The Bertz CT molecular complexity index is 784. The molecule has 2 unspecified atom stereocenters. The van der Waals surface area contributed by atoms with E-state index in [0.717, 1.165) is 11.1 Å². The fourth-order valence-electron chi connectivity index (χ4n) is 3.26. The Balaban J connectivity index is 1.55. The van der Waals surface area contributed by atoms with Gasteiger partial charge in [0.25, 0.3) is 0 Å². The van der Waals surface area contributed by atoms with Crippen LogP contribution in [0, 0.1) is 0 Å². The lowest BCUT2D eigenvalue weighted by atomic mass is 10.0. The maximum Gasteiger partial charge on any atom is 0.184 e. The minimum atomic E-state index is -1.06. The molecule has 6 nitrogen and oxygen atoms in total. The van der Waals surface area contributed by atoms with E-state index in [0.29, 0.717) is 10.0 Å². The van der Waals surface area contributed by atoms with Crippen LogP contribution in [0.3, 0.4) is 0 Å². The first kappa shape index (κ1) is 20.1. The molecule has 0 aromatic heterocycles. The van der Waals surface area contributed by atoms with Gasteiger partial charge in [-0.05, 0) is 24.3 Å². The molecule has 2 heterocycles. The van der Waals surface area contributed by atoms with E-state index in [4.69, 9.17) is 42.1 Å². The van der Waals surface area contributed by atoms with Gasteiger partial charge in [-0.3, -0.25) is 0 Å². The second-order valence-corrected chi connectivity index (χ2v) is 7.64. The molecule has 2 aliphatic heterocycles. The summed E-state index contributed by atoms with van der Waals surface area (Å²) in [7, 11) is 0. The number of fused-ring (bicyclic) bond motifs is 2. The van der Waals surface area contributed by atoms with Gasteiger partial charge in [-0.25, -0.2) is 0 Å². The SMILES string of the molecule is O[C@H]1[C@@H]2OC(c3ccc(Cl)cc3)O[C@@H]1COC(c1ccc(Cl)cc1)OC[C@@H]2O. The molecule has 0 saturated carbocycles. The minimum absolute atomic E-state index is 0.0606. The largest absolute Gasteiger partial charge is 0.388 e. The first-order valence-corrected chi connectivity index (χ1v) is 9.68. The van der Waals surface area contributed by atoms with E-state index in [9.17, 15) is 10.2 Å². The zero-order chi connectivity index (χ0) is 19.7.